The molecule has 6 nitrogen and oxygen atoms in total. The van der Waals surface area contributed by atoms with E-state index in [1.807, 2.05) is 0 Å². The molecular weight excluding hydrogens is 309 g/mol. The fourth-order valence-corrected chi connectivity index (χ4v) is 3.11. The molecule has 0 radical (unpaired) electrons. The Morgan fingerprint density at radius 1 is 1.29 bits per heavy atom. The molecule has 3 heterocycles. The minimum atomic E-state index is -0.435. The van der Waals surface area contributed by atoms with Crippen molar-refractivity contribution in [3.63, 3.8) is 0 Å². The van der Waals surface area contributed by atoms with Crippen LogP contribution in [0.25, 0.3) is 11.2 Å². The van der Waals surface area contributed by atoms with Crippen LogP contribution in [0.1, 0.15) is 35.4 Å². The number of aliphatic hydroxyl groups is 1. The summed E-state index contributed by atoms with van der Waals surface area (Å²) in [5.41, 5.74) is 9.75. The first kappa shape index (κ1) is 14.8. The van der Waals surface area contributed by atoms with Gasteiger partial charge in [0.05, 0.1) is 24.2 Å². The van der Waals surface area contributed by atoms with E-state index < -0.39 is 5.82 Å². The maximum Gasteiger partial charge on any atom is 0.220 e. The van der Waals surface area contributed by atoms with Gasteiger partial charge in [-0.1, -0.05) is 6.08 Å². The highest BCUT2D eigenvalue weighted by Gasteiger charge is 2.18. The van der Waals surface area contributed by atoms with Gasteiger partial charge in [0, 0.05) is 23.5 Å². The molecule has 1 aliphatic rings. The molecule has 4 rings (SSSR count). The molecule has 3 N–H and O–H groups in total. The SMILES string of the molecule is Nc1ncc2c(n1)CCCC=C2c1cc(F)c2ncc(CO)n2c1. The van der Waals surface area contributed by atoms with Gasteiger partial charge >= 0.3 is 0 Å². The van der Waals surface area contributed by atoms with Crippen molar-refractivity contribution in [2.75, 3.05) is 5.73 Å². The molecule has 0 aromatic carbocycles. The van der Waals surface area contributed by atoms with E-state index in [4.69, 9.17) is 5.73 Å². The number of anilines is 1. The number of hydrogen-bond acceptors (Lipinski definition) is 5. The molecule has 1 aliphatic carbocycles. The van der Waals surface area contributed by atoms with Crippen molar-refractivity contribution in [1.82, 2.24) is 19.4 Å². The number of pyridine rings is 1. The zero-order valence-corrected chi connectivity index (χ0v) is 12.9. The van der Waals surface area contributed by atoms with E-state index in [0.29, 0.717) is 11.3 Å². The van der Waals surface area contributed by atoms with Gasteiger partial charge in [0.15, 0.2) is 11.5 Å². The van der Waals surface area contributed by atoms with Crippen LogP contribution in [0.15, 0.2) is 30.7 Å². The van der Waals surface area contributed by atoms with Crippen LogP contribution in [0.3, 0.4) is 0 Å². The number of allylic oxidation sites excluding steroid dienone is 1. The van der Waals surface area contributed by atoms with Crippen molar-refractivity contribution >= 4 is 17.2 Å². The molecule has 0 bridgehead atoms. The highest BCUT2D eigenvalue weighted by Crippen LogP contribution is 2.31. The Bertz CT molecular complexity index is 963. The van der Waals surface area contributed by atoms with Gasteiger partial charge in [-0.25, -0.2) is 19.3 Å². The normalized spacial score (nSPS) is 14.3. The maximum absolute atomic E-state index is 14.4. The van der Waals surface area contributed by atoms with Crippen LogP contribution in [-0.4, -0.2) is 24.5 Å². The van der Waals surface area contributed by atoms with Crippen LogP contribution >= 0.6 is 0 Å². The fraction of sp³-hybridized carbons (Fsp3) is 0.235. The van der Waals surface area contributed by atoms with Gasteiger partial charge in [0.25, 0.3) is 0 Å². The summed E-state index contributed by atoms with van der Waals surface area (Å²) in [6, 6.07) is 1.46. The van der Waals surface area contributed by atoms with E-state index >= 15 is 0 Å². The van der Waals surface area contributed by atoms with Crippen LogP contribution in [0.4, 0.5) is 10.3 Å². The van der Waals surface area contributed by atoms with Crippen LogP contribution in [0, 0.1) is 5.82 Å². The van der Waals surface area contributed by atoms with E-state index in [1.54, 1.807) is 16.8 Å². The number of aromatic nitrogens is 4. The molecule has 3 aromatic heterocycles. The van der Waals surface area contributed by atoms with Crippen molar-refractivity contribution in [2.45, 2.75) is 25.9 Å². The molecule has 0 saturated heterocycles. The molecule has 7 heteroatoms. The largest absolute Gasteiger partial charge is 0.390 e. The van der Waals surface area contributed by atoms with Gasteiger partial charge in [-0.05, 0) is 30.9 Å². The summed E-state index contributed by atoms with van der Waals surface area (Å²) in [5.74, 6) is -0.191. The van der Waals surface area contributed by atoms with E-state index in [-0.39, 0.29) is 18.2 Å². The van der Waals surface area contributed by atoms with Gasteiger partial charge < -0.3 is 10.8 Å². The van der Waals surface area contributed by atoms with Crippen molar-refractivity contribution in [3.05, 3.63) is 59.1 Å². The molecule has 3 aromatic rings. The van der Waals surface area contributed by atoms with Gasteiger partial charge in [0.1, 0.15) is 0 Å². The predicted molar refractivity (Wildman–Crippen MR) is 87.5 cm³/mol. The van der Waals surface area contributed by atoms with E-state index in [9.17, 15) is 9.50 Å². The lowest BCUT2D eigenvalue weighted by molar-refractivity contribution is 0.275. The van der Waals surface area contributed by atoms with Crippen molar-refractivity contribution in [3.8, 4) is 0 Å². The molecule has 0 atom stereocenters. The van der Waals surface area contributed by atoms with Crippen molar-refractivity contribution < 1.29 is 9.50 Å². The Labute approximate surface area is 137 Å². The lowest BCUT2D eigenvalue weighted by atomic mass is 9.99. The number of imidazole rings is 1. The molecule has 0 unspecified atom stereocenters. The second kappa shape index (κ2) is 5.68. The second-order valence-corrected chi connectivity index (χ2v) is 5.78. The Morgan fingerprint density at radius 3 is 3.00 bits per heavy atom. The first-order valence-electron chi connectivity index (χ1n) is 7.76. The number of hydrogen-bond donors (Lipinski definition) is 2. The fourth-order valence-electron chi connectivity index (χ4n) is 3.11. The Hall–Kier alpha value is -2.80. The third kappa shape index (κ3) is 2.33. The van der Waals surface area contributed by atoms with E-state index in [2.05, 4.69) is 21.0 Å². The number of halogens is 1. The Balaban J connectivity index is 1.93. The average Bonchev–Trinajstić information content (AvgIpc) is 2.88. The quantitative estimate of drug-likeness (QED) is 0.753. The molecule has 0 saturated carbocycles. The maximum atomic E-state index is 14.4. The highest BCUT2D eigenvalue weighted by atomic mass is 19.1. The number of nitrogens with two attached hydrogens (primary N) is 1. The summed E-state index contributed by atoms with van der Waals surface area (Å²) < 4.78 is 16.0. The topological polar surface area (TPSA) is 89.3 Å². The monoisotopic (exact) mass is 325 g/mol. The number of rotatable bonds is 2. The number of fused-ring (bicyclic) bond motifs is 2. The molecule has 0 spiro atoms. The summed E-state index contributed by atoms with van der Waals surface area (Å²) in [5, 5.41) is 9.42. The second-order valence-electron chi connectivity index (χ2n) is 5.78. The third-order valence-corrected chi connectivity index (χ3v) is 4.25. The van der Waals surface area contributed by atoms with Crippen molar-refractivity contribution in [1.29, 1.82) is 0 Å². The summed E-state index contributed by atoms with van der Waals surface area (Å²) in [6.45, 7) is -0.209. The zero-order valence-electron chi connectivity index (χ0n) is 12.9. The average molecular weight is 325 g/mol. The summed E-state index contributed by atoms with van der Waals surface area (Å²) in [6.07, 6.45) is 9.64. The van der Waals surface area contributed by atoms with Crippen LogP contribution < -0.4 is 5.73 Å². The first-order valence-corrected chi connectivity index (χ1v) is 7.76. The molecule has 0 fully saturated rings. The van der Waals surface area contributed by atoms with Gasteiger partial charge in [0.2, 0.25) is 5.95 Å². The van der Waals surface area contributed by atoms with Crippen LogP contribution in [0.2, 0.25) is 0 Å². The summed E-state index contributed by atoms with van der Waals surface area (Å²) in [7, 11) is 0. The van der Waals surface area contributed by atoms with Crippen LogP contribution in [-0.2, 0) is 13.0 Å². The number of aliphatic hydroxyl groups excluding tert-OH is 1. The minimum absolute atomic E-state index is 0.200. The summed E-state index contributed by atoms with van der Waals surface area (Å²) in [4.78, 5) is 12.4. The Kier molecular flexibility index (Phi) is 3.50. The van der Waals surface area contributed by atoms with Crippen molar-refractivity contribution in [2.24, 2.45) is 0 Å². The van der Waals surface area contributed by atoms with Gasteiger partial charge in [-0.2, -0.15) is 0 Å². The minimum Gasteiger partial charge on any atom is -0.390 e. The molecule has 122 valence electrons. The lowest BCUT2D eigenvalue weighted by Crippen LogP contribution is -2.04. The number of nitrogens with zero attached hydrogens (tertiary/aromatic N) is 4. The van der Waals surface area contributed by atoms with Gasteiger partial charge in [-0.3, -0.25) is 4.40 Å². The lowest BCUT2D eigenvalue weighted by Gasteiger charge is -2.12. The van der Waals surface area contributed by atoms with Gasteiger partial charge in [-0.15, -0.1) is 0 Å². The molecular formula is C17H16FN5O. The number of aryl methyl sites for hydroxylation is 1. The van der Waals surface area contributed by atoms with E-state index in [0.717, 1.165) is 36.1 Å². The highest BCUT2D eigenvalue weighted by molar-refractivity contribution is 5.81. The first-order chi connectivity index (χ1) is 11.7. The standard InChI is InChI=1S/C17H16FN5O/c18-14-5-10(8-23-11(9-24)6-20-16(14)23)12-3-1-2-4-15-13(12)7-21-17(19)22-15/h3,5-8,24H,1-2,4,9H2,(H2,19,21,22). The molecule has 0 amide bonds. The molecule has 0 aliphatic heterocycles. The number of nitrogen functional groups attached to an aromatic ring is 1. The van der Waals surface area contributed by atoms with Crippen LogP contribution in [0.5, 0.6) is 0 Å². The van der Waals surface area contributed by atoms with E-state index in [1.165, 1.54) is 12.3 Å². The Morgan fingerprint density at radius 2 is 2.17 bits per heavy atom. The molecule has 24 heavy (non-hydrogen) atoms. The zero-order chi connectivity index (χ0) is 16.7. The summed E-state index contributed by atoms with van der Waals surface area (Å²) >= 11 is 0. The third-order valence-electron chi connectivity index (χ3n) is 4.25. The predicted octanol–water partition coefficient (Wildman–Crippen LogP) is 2.11. The smallest absolute Gasteiger partial charge is 0.220 e.